The molecule has 1 rings (SSSR count). The first-order valence-corrected chi connectivity index (χ1v) is 6.61. The Morgan fingerprint density at radius 3 is 2.48 bits per heavy atom. The molecule has 0 fully saturated rings. The molecule has 0 atom stereocenters. The lowest BCUT2D eigenvalue weighted by Gasteiger charge is -2.10. The van der Waals surface area contributed by atoms with Crippen LogP contribution in [-0.2, 0) is 4.79 Å². The summed E-state index contributed by atoms with van der Waals surface area (Å²) in [6.07, 6.45) is 0.127. The molecule has 0 aliphatic carbocycles. The second-order valence-electron chi connectivity index (χ2n) is 4.34. The third kappa shape index (κ3) is 4.57. The fourth-order valence-corrected chi connectivity index (χ4v) is 1.84. The fourth-order valence-electron chi connectivity index (χ4n) is 1.45. The first kappa shape index (κ1) is 17.2. The Balaban J connectivity index is 2.79. The van der Waals surface area contributed by atoms with E-state index >= 15 is 0 Å². The van der Waals surface area contributed by atoms with Gasteiger partial charge in [0.1, 0.15) is 5.02 Å². The molecule has 0 spiro atoms. The maximum Gasteiger partial charge on any atom is 0.290 e. The van der Waals surface area contributed by atoms with Crippen molar-refractivity contribution in [3.05, 3.63) is 37.9 Å². The lowest BCUT2D eigenvalue weighted by Crippen LogP contribution is -2.30. The first-order chi connectivity index (χ1) is 9.73. The molecule has 9 heteroatoms. The van der Waals surface area contributed by atoms with Crippen LogP contribution in [0.2, 0.25) is 10.0 Å². The van der Waals surface area contributed by atoms with Gasteiger partial charge in [0.15, 0.2) is 0 Å². The zero-order valence-corrected chi connectivity index (χ0v) is 12.9. The van der Waals surface area contributed by atoms with Gasteiger partial charge in [0.25, 0.3) is 11.6 Å². The number of nitrogens with one attached hydrogen (secondary N) is 1. The summed E-state index contributed by atoms with van der Waals surface area (Å²) >= 11 is 11.4. The van der Waals surface area contributed by atoms with Crippen LogP contribution < -0.4 is 5.32 Å². The average Bonchev–Trinajstić information content (AvgIpc) is 2.40. The first-order valence-electron chi connectivity index (χ1n) is 5.85. The zero-order valence-electron chi connectivity index (χ0n) is 11.4. The number of carbonyl (C=O) groups is 2. The molecule has 0 unspecified atom stereocenters. The molecule has 0 radical (unpaired) electrons. The number of benzene rings is 1. The monoisotopic (exact) mass is 333 g/mol. The van der Waals surface area contributed by atoms with Gasteiger partial charge in [-0.15, -0.1) is 0 Å². The molecule has 114 valence electrons. The van der Waals surface area contributed by atoms with E-state index in [0.717, 1.165) is 6.07 Å². The molecule has 21 heavy (non-hydrogen) atoms. The number of hydrogen-bond donors (Lipinski definition) is 1. The Bertz CT molecular complexity index is 590. The Morgan fingerprint density at radius 1 is 1.33 bits per heavy atom. The van der Waals surface area contributed by atoms with Crippen LogP contribution in [0.3, 0.4) is 0 Å². The molecule has 0 aliphatic heterocycles. The maximum absolute atomic E-state index is 11.9. The molecule has 1 aromatic rings. The van der Waals surface area contributed by atoms with Gasteiger partial charge in [-0.2, -0.15) is 0 Å². The third-order valence-corrected chi connectivity index (χ3v) is 3.38. The van der Waals surface area contributed by atoms with E-state index in [2.05, 4.69) is 5.32 Å². The van der Waals surface area contributed by atoms with E-state index in [-0.39, 0.29) is 34.5 Å². The number of nitro benzene ring substituents is 1. The van der Waals surface area contributed by atoms with Gasteiger partial charge < -0.3 is 10.2 Å². The van der Waals surface area contributed by atoms with Crippen molar-refractivity contribution in [1.29, 1.82) is 0 Å². The zero-order chi connectivity index (χ0) is 16.2. The molecule has 2 amide bonds. The van der Waals surface area contributed by atoms with E-state index in [4.69, 9.17) is 23.2 Å². The second-order valence-corrected chi connectivity index (χ2v) is 5.13. The second kappa shape index (κ2) is 7.24. The lowest BCUT2D eigenvalue weighted by molar-refractivity contribution is -0.384. The summed E-state index contributed by atoms with van der Waals surface area (Å²) in [6.45, 7) is 0.115. The summed E-state index contributed by atoms with van der Waals surface area (Å²) in [5, 5.41) is 13.0. The minimum atomic E-state index is -0.722. The Kier molecular flexibility index (Phi) is 5.92. The van der Waals surface area contributed by atoms with Gasteiger partial charge in [0, 0.05) is 38.7 Å². The highest BCUT2D eigenvalue weighted by Crippen LogP contribution is 2.32. The molecular weight excluding hydrogens is 321 g/mol. The number of hydrogen-bond acceptors (Lipinski definition) is 4. The van der Waals surface area contributed by atoms with E-state index in [0.29, 0.717) is 0 Å². The van der Waals surface area contributed by atoms with E-state index in [1.165, 1.54) is 11.0 Å². The molecule has 0 saturated carbocycles. The summed E-state index contributed by atoms with van der Waals surface area (Å²) in [7, 11) is 3.21. The van der Waals surface area contributed by atoms with Crippen molar-refractivity contribution in [2.45, 2.75) is 6.42 Å². The smallest absolute Gasteiger partial charge is 0.290 e. The Labute approximate surface area is 131 Å². The standard InChI is InChI=1S/C12H13Cl2N3O4/c1-16(2)10(18)3-4-15-12(19)7-5-8(13)11(14)9(6-7)17(20)21/h5-6H,3-4H2,1-2H3,(H,15,19). The predicted molar refractivity (Wildman–Crippen MR) is 78.8 cm³/mol. The van der Waals surface area contributed by atoms with Gasteiger partial charge in [-0.25, -0.2) is 0 Å². The number of rotatable bonds is 5. The van der Waals surface area contributed by atoms with Crippen molar-refractivity contribution in [3.63, 3.8) is 0 Å². The van der Waals surface area contributed by atoms with E-state index in [9.17, 15) is 19.7 Å². The summed E-state index contributed by atoms with van der Waals surface area (Å²) in [5.41, 5.74) is -0.438. The van der Waals surface area contributed by atoms with Gasteiger partial charge >= 0.3 is 0 Å². The molecule has 0 aromatic heterocycles. The van der Waals surface area contributed by atoms with Crippen LogP contribution in [0.15, 0.2) is 12.1 Å². The minimum Gasteiger partial charge on any atom is -0.352 e. The predicted octanol–water partition coefficient (Wildman–Crippen LogP) is 2.11. The molecular formula is C12H13Cl2N3O4. The summed E-state index contributed by atoms with van der Waals surface area (Å²) in [6, 6.07) is 2.28. The molecule has 0 saturated heterocycles. The summed E-state index contributed by atoms with van der Waals surface area (Å²) in [4.78, 5) is 34.7. The van der Waals surface area contributed by atoms with Gasteiger partial charge in [-0.3, -0.25) is 19.7 Å². The van der Waals surface area contributed by atoms with Crippen molar-refractivity contribution in [1.82, 2.24) is 10.2 Å². The quantitative estimate of drug-likeness (QED) is 0.659. The molecule has 7 nitrogen and oxygen atoms in total. The number of carbonyl (C=O) groups excluding carboxylic acids is 2. The van der Waals surface area contributed by atoms with Crippen LogP contribution in [0, 0.1) is 10.1 Å². The Hall–Kier alpha value is -1.86. The molecule has 0 aliphatic rings. The molecule has 0 heterocycles. The number of halogens is 2. The van der Waals surface area contributed by atoms with Gasteiger partial charge in [-0.1, -0.05) is 23.2 Å². The van der Waals surface area contributed by atoms with Crippen molar-refractivity contribution >= 4 is 40.7 Å². The van der Waals surface area contributed by atoms with E-state index in [1.807, 2.05) is 0 Å². The van der Waals surface area contributed by atoms with Gasteiger partial charge in [0.2, 0.25) is 5.91 Å². The number of nitro groups is 1. The van der Waals surface area contributed by atoms with Crippen molar-refractivity contribution in [2.24, 2.45) is 0 Å². The Morgan fingerprint density at radius 2 is 1.95 bits per heavy atom. The summed E-state index contributed by atoms with van der Waals surface area (Å²) < 4.78 is 0. The number of amides is 2. The molecule has 1 aromatic carbocycles. The summed E-state index contributed by atoms with van der Waals surface area (Å²) in [5.74, 6) is -0.710. The third-order valence-electron chi connectivity index (χ3n) is 2.59. The lowest BCUT2D eigenvalue weighted by atomic mass is 10.2. The van der Waals surface area contributed by atoms with Crippen molar-refractivity contribution in [3.8, 4) is 0 Å². The largest absolute Gasteiger partial charge is 0.352 e. The van der Waals surface area contributed by atoms with Crippen molar-refractivity contribution in [2.75, 3.05) is 20.6 Å². The van der Waals surface area contributed by atoms with Crippen LogP contribution in [0.1, 0.15) is 16.8 Å². The maximum atomic E-state index is 11.9. The van der Waals surface area contributed by atoms with Crippen LogP contribution >= 0.6 is 23.2 Å². The van der Waals surface area contributed by atoms with Crippen LogP contribution in [0.25, 0.3) is 0 Å². The molecule has 0 bridgehead atoms. The van der Waals surface area contributed by atoms with Crippen LogP contribution in [0.5, 0.6) is 0 Å². The van der Waals surface area contributed by atoms with Gasteiger partial charge in [-0.05, 0) is 6.07 Å². The highest BCUT2D eigenvalue weighted by atomic mass is 35.5. The van der Waals surface area contributed by atoms with E-state index in [1.54, 1.807) is 14.1 Å². The minimum absolute atomic E-state index is 0.00778. The van der Waals surface area contributed by atoms with E-state index < -0.39 is 16.5 Å². The van der Waals surface area contributed by atoms with Gasteiger partial charge in [0.05, 0.1) is 9.95 Å². The molecule has 1 N–H and O–H groups in total. The highest BCUT2D eigenvalue weighted by molar-refractivity contribution is 6.43. The highest BCUT2D eigenvalue weighted by Gasteiger charge is 2.20. The fraction of sp³-hybridized carbons (Fsp3) is 0.333. The van der Waals surface area contributed by atoms with Crippen molar-refractivity contribution < 1.29 is 14.5 Å². The topological polar surface area (TPSA) is 92.6 Å². The van der Waals surface area contributed by atoms with Crippen LogP contribution in [0.4, 0.5) is 5.69 Å². The number of nitrogens with zero attached hydrogens (tertiary/aromatic N) is 2. The average molecular weight is 334 g/mol. The van der Waals surface area contributed by atoms with Crippen LogP contribution in [-0.4, -0.2) is 42.3 Å². The SMILES string of the molecule is CN(C)C(=O)CCNC(=O)c1cc(Cl)c(Cl)c([N+](=O)[O-])c1. The normalized spacial score (nSPS) is 10.1.